The van der Waals surface area contributed by atoms with Crippen molar-refractivity contribution in [1.82, 2.24) is 10.2 Å². The highest BCUT2D eigenvalue weighted by Crippen LogP contribution is 2.48. The van der Waals surface area contributed by atoms with E-state index in [1.54, 1.807) is 6.26 Å². The molecule has 10 heteroatoms. The van der Waals surface area contributed by atoms with Crippen molar-refractivity contribution in [3.8, 4) is 0 Å². The van der Waals surface area contributed by atoms with Crippen LogP contribution in [0.2, 0.25) is 0 Å². The smallest absolute Gasteiger partial charge is 0.449 e. The Balaban J connectivity index is 1.94. The molecule has 2 fully saturated rings. The second-order valence-electron chi connectivity index (χ2n) is 5.13. The van der Waals surface area contributed by atoms with Crippen molar-refractivity contribution in [2.45, 2.75) is 24.5 Å². The van der Waals surface area contributed by atoms with Gasteiger partial charge in [0.25, 0.3) is 0 Å². The molecule has 2 N–H and O–H groups in total. The number of rotatable bonds is 5. The van der Waals surface area contributed by atoms with Gasteiger partial charge in [-0.15, -0.1) is 0 Å². The Morgan fingerprint density at radius 1 is 1.55 bits per heavy atom. The van der Waals surface area contributed by atoms with Gasteiger partial charge in [-0.2, -0.15) is 0 Å². The van der Waals surface area contributed by atoms with Crippen LogP contribution in [0.25, 0.3) is 0 Å². The molecule has 8 nitrogen and oxygen atoms in total. The molecule has 0 saturated carbocycles. The molecule has 0 aliphatic carbocycles. The Morgan fingerprint density at radius 2 is 2.27 bits per heavy atom. The van der Waals surface area contributed by atoms with E-state index in [4.69, 9.17) is 14.0 Å². The van der Waals surface area contributed by atoms with Crippen LogP contribution in [-0.4, -0.2) is 57.6 Å². The van der Waals surface area contributed by atoms with Gasteiger partial charge in [-0.1, -0.05) is 15.9 Å². The van der Waals surface area contributed by atoms with E-state index in [0.717, 1.165) is 12.0 Å². The van der Waals surface area contributed by atoms with Gasteiger partial charge in [-0.05, 0) is 6.42 Å². The van der Waals surface area contributed by atoms with Crippen molar-refractivity contribution < 1.29 is 28.4 Å². The molecule has 3 aliphatic heterocycles. The predicted octanol–water partition coefficient (Wildman–Crippen LogP) is 0.680. The normalized spacial score (nSPS) is 32.5. The molecule has 1 unspecified atom stereocenters. The number of carbonyl (C=O) groups excluding carboxylic acids is 2. The number of carboxylic acid groups (broad SMARTS) is 1. The number of piperidine rings is 1. The quantitative estimate of drug-likeness (QED) is 0.304. The number of amides is 1. The van der Waals surface area contributed by atoms with Gasteiger partial charge in [-0.25, -0.2) is 4.79 Å². The number of β-lactam (4-membered cyclic amide) rings is 1. The minimum Gasteiger partial charge on any atom is -0.449 e. The summed E-state index contributed by atoms with van der Waals surface area (Å²) in [5.41, 5.74) is 0. The third-order valence-corrected chi connectivity index (χ3v) is 4.97. The molecule has 0 aromatic carbocycles. The van der Waals surface area contributed by atoms with Gasteiger partial charge in [-0.3, -0.25) is 19.8 Å². The zero-order valence-corrected chi connectivity index (χ0v) is 13.8. The van der Waals surface area contributed by atoms with Gasteiger partial charge in [0, 0.05) is 12.2 Å². The summed E-state index contributed by atoms with van der Waals surface area (Å²) < 4.78 is 10.2. The molecule has 4 atom stereocenters. The Hall–Kier alpha value is -1.26. The van der Waals surface area contributed by atoms with Crippen molar-refractivity contribution in [2.24, 2.45) is 5.92 Å². The first kappa shape index (κ1) is 15.6. The number of hydrogen-bond acceptors (Lipinski definition) is 7. The Kier molecular flexibility index (Phi) is 4.08. The van der Waals surface area contributed by atoms with Gasteiger partial charge in [0.2, 0.25) is 11.8 Å². The van der Waals surface area contributed by atoms with Crippen LogP contribution in [0.3, 0.4) is 0 Å². The van der Waals surface area contributed by atoms with E-state index < -0.39 is 18.2 Å². The number of Topliss-reactive ketones (excluding diaryl/α,β-unsaturated/α-hetero) is 1. The van der Waals surface area contributed by atoms with E-state index in [1.807, 2.05) is 0 Å². The fourth-order valence-electron chi connectivity index (χ4n) is 3.23. The number of hydrogen-bond donors (Lipinski definition) is 2. The molecule has 3 rings (SSSR count). The SMILES string of the molecule is CSOC1=C(OC(=O)O)N2C(=O)[C@H]3N[C@@H](C(=O)CBr)CC1[C@H]32. The maximum Gasteiger partial charge on any atom is 0.512 e. The fourth-order valence-corrected chi connectivity index (χ4v) is 4.00. The summed E-state index contributed by atoms with van der Waals surface area (Å²) >= 11 is 4.17. The zero-order chi connectivity index (χ0) is 16.0. The van der Waals surface area contributed by atoms with Crippen LogP contribution in [0.5, 0.6) is 0 Å². The van der Waals surface area contributed by atoms with Crippen LogP contribution in [-0.2, 0) is 18.5 Å². The summed E-state index contributed by atoms with van der Waals surface area (Å²) in [6.45, 7) is 0. The molecular formula is C12H13BrN2O6S. The summed E-state index contributed by atoms with van der Waals surface area (Å²) in [4.78, 5) is 36.3. The summed E-state index contributed by atoms with van der Waals surface area (Å²) in [6, 6.07) is -1.24. The van der Waals surface area contributed by atoms with Crippen LogP contribution < -0.4 is 5.32 Å². The Labute approximate surface area is 138 Å². The van der Waals surface area contributed by atoms with Crippen LogP contribution in [0, 0.1) is 5.92 Å². The summed E-state index contributed by atoms with van der Waals surface area (Å²) in [5, 5.41) is 12.1. The first-order valence-corrected chi connectivity index (χ1v) is 8.80. The molecule has 120 valence electrons. The minimum atomic E-state index is -1.51. The van der Waals surface area contributed by atoms with Crippen molar-refractivity contribution in [1.29, 1.82) is 0 Å². The molecule has 3 aliphatic rings. The Morgan fingerprint density at radius 3 is 2.86 bits per heavy atom. The number of alkyl halides is 1. The first-order chi connectivity index (χ1) is 10.5. The largest absolute Gasteiger partial charge is 0.512 e. The van der Waals surface area contributed by atoms with E-state index in [2.05, 4.69) is 21.2 Å². The predicted molar refractivity (Wildman–Crippen MR) is 79.0 cm³/mol. The molecular weight excluding hydrogens is 380 g/mol. The van der Waals surface area contributed by atoms with Gasteiger partial charge in [0.1, 0.15) is 6.04 Å². The topological polar surface area (TPSA) is 105 Å². The number of ether oxygens (including phenoxy) is 1. The number of carbonyl (C=O) groups is 3. The lowest BCUT2D eigenvalue weighted by Crippen LogP contribution is -2.74. The summed E-state index contributed by atoms with van der Waals surface area (Å²) in [5.74, 6) is -0.381. The standard InChI is InChI=1S/C12H13BrN2O6S/c1-22-21-9-4-2-5(6(16)3-13)14-7-8(4)15(10(7)17)11(9)20-12(18)19/h4-5,7-8,14H,2-3H2,1H3,(H,18,19)/t4?,5-,7+,8-/m1/s1. The average Bonchev–Trinajstić information content (AvgIpc) is 2.77. The van der Waals surface area contributed by atoms with E-state index in [9.17, 15) is 14.4 Å². The van der Waals surface area contributed by atoms with E-state index in [1.165, 1.54) is 4.90 Å². The minimum absolute atomic E-state index is 0.0548. The lowest BCUT2D eigenvalue weighted by molar-refractivity contribution is -0.154. The van der Waals surface area contributed by atoms with Crippen LogP contribution in [0.1, 0.15) is 6.42 Å². The van der Waals surface area contributed by atoms with E-state index in [-0.39, 0.29) is 34.9 Å². The maximum absolute atomic E-state index is 12.2. The number of halogens is 1. The van der Waals surface area contributed by atoms with Crippen LogP contribution in [0.4, 0.5) is 4.79 Å². The molecule has 0 spiro atoms. The van der Waals surface area contributed by atoms with Gasteiger partial charge in [0.15, 0.2) is 11.5 Å². The maximum atomic E-state index is 12.2. The molecule has 0 aromatic rings. The first-order valence-electron chi connectivity index (χ1n) is 6.53. The molecule has 0 bridgehead atoms. The second kappa shape index (κ2) is 5.74. The third kappa shape index (κ3) is 2.20. The number of nitrogens with zero attached hydrogens (tertiary/aromatic N) is 1. The number of ketones is 1. The van der Waals surface area contributed by atoms with E-state index in [0.29, 0.717) is 12.2 Å². The second-order valence-corrected chi connectivity index (χ2v) is 6.19. The van der Waals surface area contributed by atoms with Crippen LogP contribution in [0.15, 0.2) is 11.6 Å². The van der Waals surface area contributed by atoms with Gasteiger partial charge in [0.05, 0.1) is 29.5 Å². The molecule has 0 aromatic heterocycles. The van der Waals surface area contributed by atoms with Gasteiger partial charge >= 0.3 is 6.16 Å². The monoisotopic (exact) mass is 392 g/mol. The highest BCUT2D eigenvalue weighted by Gasteiger charge is 2.64. The molecule has 0 radical (unpaired) electrons. The third-order valence-electron chi connectivity index (χ3n) is 4.07. The molecule has 1 amide bonds. The molecule has 22 heavy (non-hydrogen) atoms. The molecule has 2 saturated heterocycles. The molecule has 3 heterocycles. The van der Waals surface area contributed by atoms with Crippen molar-refractivity contribution in [3.63, 3.8) is 0 Å². The zero-order valence-electron chi connectivity index (χ0n) is 11.4. The van der Waals surface area contributed by atoms with E-state index >= 15 is 0 Å². The average molecular weight is 393 g/mol. The Bertz CT molecular complexity index is 582. The van der Waals surface area contributed by atoms with Crippen molar-refractivity contribution >= 4 is 45.8 Å². The fraction of sp³-hybridized carbons (Fsp3) is 0.583. The van der Waals surface area contributed by atoms with Gasteiger partial charge < -0.3 is 14.0 Å². The lowest BCUT2D eigenvalue weighted by atomic mass is 9.78. The number of nitrogens with one attached hydrogen (secondary N) is 1. The van der Waals surface area contributed by atoms with Crippen molar-refractivity contribution in [2.75, 3.05) is 11.6 Å². The summed E-state index contributed by atoms with van der Waals surface area (Å²) in [6.07, 6.45) is 0.605. The van der Waals surface area contributed by atoms with Crippen molar-refractivity contribution in [3.05, 3.63) is 11.6 Å². The summed E-state index contributed by atoms with van der Waals surface area (Å²) in [7, 11) is 0. The highest BCUT2D eigenvalue weighted by atomic mass is 79.9. The lowest BCUT2D eigenvalue weighted by Gasteiger charge is -2.49. The highest BCUT2D eigenvalue weighted by molar-refractivity contribution is 9.09. The van der Waals surface area contributed by atoms with Crippen LogP contribution >= 0.6 is 28.0 Å².